The van der Waals surface area contributed by atoms with Gasteiger partial charge in [0.15, 0.2) is 0 Å². The number of nitro benzene ring substituents is 1. The molecule has 106 valence electrons. The van der Waals surface area contributed by atoms with E-state index in [1.54, 1.807) is 0 Å². The lowest BCUT2D eigenvalue weighted by molar-refractivity contribution is -0.384. The predicted molar refractivity (Wildman–Crippen MR) is 72.6 cm³/mol. The first-order valence-electron chi connectivity index (χ1n) is 5.72. The summed E-state index contributed by atoms with van der Waals surface area (Å²) in [6.07, 6.45) is 0.551. The molecule has 0 amide bonds. The first-order valence-corrected chi connectivity index (χ1v) is 5.72. The van der Waals surface area contributed by atoms with Crippen LogP contribution in [0.1, 0.15) is 20.3 Å². The lowest BCUT2D eigenvalue weighted by Gasteiger charge is -2.07. The molecule has 0 bridgehead atoms. The Kier molecular flexibility index (Phi) is 7.13. The predicted octanol–water partition coefficient (Wildman–Crippen LogP) is 1.62. The van der Waals surface area contributed by atoms with Crippen molar-refractivity contribution in [1.82, 2.24) is 0 Å². The second-order valence-electron chi connectivity index (χ2n) is 4.42. The van der Waals surface area contributed by atoms with Crippen molar-refractivity contribution in [3.8, 4) is 0 Å². The summed E-state index contributed by atoms with van der Waals surface area (Å²) in [5.74, 6) is -0.556. The van der Waals surface area contributed by atoms with Gasteiger partial charge in [-0.1, -0.05) is 13.8 Å². The standard InChI is InChI=1S/C6H6N2O2.C6H13NO2/c7-5-1-3-6(4-2-5)8(9)10;1-4(2)3-5(7)6(8)9/h1-4H,7H2;4-5H,3,7H2,1-2H3,(H,8,9)/t;5-/m.0/s1. The molecule has 7 nitrogen and oxygen atoms in total. The Bertz CT molecular complexity index is 417. The number of carbonyl (C=O) groups is 1. The monoisotopic (exact) mass is 269 g/mol. The SMILES string of the molecule is CC(C)C[C@H](N)C(=O)O.Nc1ccc([N+](=O)[O-])cc1. The lowest BCUT2D eigenvalue weighted by atomic mass is 10.1. The fraction of sp³-hybridized carbons (Fsp3) is 0.417. The van der Waals surface area contributed by atoms with Crippen molar-refractivity contribution in [2.24, 2.45) is 11.7 Å². The van der Waals surface area contributed by atoms with Crippen molar-refractivity contribution in [2.45, 2.75) is 26.3 Å². The van der Waals surface area contributed by atoms with Crippen molar-refractivity contribution in [2.75, 3.05) is 5.73 Å². The number of non-ortho nitro benzene ring substituents is 1. The molecule has 19 heavy (non-hydrogen) atoms. The second kappa shape index (κ2) is 8.04. The molecule has 1 aromatic carbocycles. The second-order valence-corrected chi connectivity index (χ2v) is 4.42. The van der Waals surface area contributed by atoms with E-state index >= 15 is 0 Å². The Labute approximate surface area is 111 Å². The van der Waals surface area contributed by atoms with Gasteiger partial charge in [0.2, 0.25) is 0 Å². The zero-order valence-electron chi connectivity index (χ0n) is 10.9. The van der Waals surface area contributed by atoms with Crippen LogP contribution in [0, 0.1) is 16.0 Å². The van der Waals surface area contributed by atoms with Crippen LogP contribution in [-0.4, -0.2) is 22.0 Å². The minimum Gasteiger partial charge on any atom is -0.480 e. The summed E-state index contributed by atoms with van der Waals surface area (Å²) in [4.78, 5) is 19.7. The molecule has 1 aromatic rings. The number of anilines is 1. The van der Waals surface area contributed by atoms with E-state index in [1.807, 2.05) is 13.8 Å². The van der Waals surface area contributed by atoms with Crippen LogP contribution >= 0.6 is 0 Å². The quantitative estimate of drug-likeness (QED) is 0.432. The maximum absolute atomic E-state index is 10.1. The van der Waals surface area contributed by atoms with E-state index in [2.05, 4.69) is 0 Å². The number of nitrogens with two attached hydrogens (primary N) is 2. The zero-order chi connectivity index (χ0) is 15.0. The summed E-state index contributed by atoms with van der Waals surface area (Å²) in [6, 6.07) is 5.05. The van der Waals surface area contributed by atoms with E-state index in [9.17, 15) is 14.9 Å². The molecule has 0 fully saturated rings. The molecule has 0 unspecified atom stereocenters. The van der Waals surface area contributed by atoms with E-state index in [0.29, 0.717) is 18.0 Å². The van der Waals surface area contributed by atoms with Crippen LogP contribution < -0.4 is 11.5 Å². The molecule has 7 heteroatoms. The first-order chi connectivity index (χ1) is 8.73. The Balaban J connectivity index is 0.000000344. The average molecular weight is 269 g/mol. The highest BCUT2D eigenvalue weighted by molar-refractivity contribution is 5.72. The third kappa shape index (κ3) is 7.72. The normalized spacial score (nSPS) is 11.4. The number of carboxylic acid groups (broad SMARTS) is 1. The van der Waals surface area contributed by atoms with E-state index in [1.165, 1.54) is 24.3 Å². The summed E-state index contributed by atoms with van der Waals surface area (Å²) in [7, 11) is 0. The van der Waals surface area contributed by atoms with Crippen LogP contribution in [0.4, 0.5) is 11.4 Å². The van der Waals surface area contributed by atoms with Gasteiger partial charge < -0.3 is 16.6 Å². The van der Waals surface area contributed by atoms with Crippen LogP contribution in [0.5, 0.6) is 0 Å². The van der Waals surface area contributed by atoms with E-state index in [-0.39, 0.29) is 5.69 Å². The molecule has 0 aliphatic heterocycles. The summed E-state index contributed by atoms with van der Waals surface area (Å²) in [5.41, 5.74) is 11.1. The molecule has 5 N–H and O–H groups in total. The highest BCUT2D eigenvalue weighted by Crippen LogP contribution is 2.12. The molecular weight excluding hydrogens is 250 g/mol. The van der Waals surface area contributed by atoms with Gasteiger partial charge in [-0.3, -0.25) is 14.9 Å². The molecular formula is C12H19N3O4. The highest BCUT2D eigenvalue weighted by atomic mass is 16.6. The molecule has 1 atom stereocenters. The van der Waals surface area contributed by atoms with Gasteiger partial charge in [0.25, 0.3) is 5.69 Å². The molecule has 0 radical (unpaired) electrons. The molecule has 0 saturated heterocycles. The zero-order valence-corrected chi connectivity index (χ0v) is 10.9. The van der Waals surface area contributed by atoms with E-state index < -0.39 is 16.9 Å². The van der Waals surface area contributed by atoms with E-state index in [0.717, 1.165) is 0 Å². The molecule has 0 aliphatic carbocycles. The molecule has 0 spiro atoms. The van der Waals surface area contributed by atoms with Crippen LogP contribution in [0.25, 0.3) is 0 Å². The van der Waals surface area contributed by atoms with Crippen molar-refractivity contribution >= 4 is 17.3 Å². The van der Waals surface area contributed by atoms with Gasteiger partial charge in [0.1, 0.15) is 6.04 Å². The maximum Gasteiger partial charge on any atom is 0.320 e. The number of nitrogen functional groups attached to an aromatic ring is 1. The summed E-state index contributed by atoms with van der Waals surface area (Å²) in [5, 5.41) is 18.4. The fourth-order valence-electron chi connectivity index (χ4n) is 1.20. The van der Waals surface area contributed by atoms with Crippen LogP contribution in [0.3, 0.4) is 0 Å². The minimum absolute atomic E-state index is 0.0641. The van der Waals surface area contributed by atoms with Gasteiger partial charge >= 0.3 is 5.97 Å². The molecule has 0 aromatic heterocycles. The Morgan fingerprint density at radius 3 is 2.11 bits per heavy atom. The third-order valence-electron chi connectivity index (χ3n) is 2.15. The number of hydrogen-bond donors (Lipinski definition) is 3. The molecule has 0 saturated carbocycles. The van der Waals surface area contributed by atoms with Gasteiger partial charge in [-0.2, -0.15) is 0 Å². The molecule has 1 rings (SSSR count). The Morgan fingerprint density at radius 2 is 1.84 bits per heavy atom. The number of benzene rings is 1. The first kappa shape index (κ1) is 16.9. The number of nitro groups is 1. The number of nitrogens with zero attached hydrogens (tertiary/aromatic N) is 1. The smallest absolute Gasteiger partial charge is 0.320 e. The Morgan fingerprint density at radius 1 is 1.37 bits per heavy atom. The van der Waals surface area contributed by atoms with Gasteiger partial charge in [0, 0.05) is 17.8 Å². The lowest BCUT2D eigenvalue weighted by Crippen LogP contribution is -2.31. The topological polar surface area (TPSA) is 132 Å². The largest absolute Gasteiger partial charge is 0.480 e. The summed E-state index contributed by atoms with van der Waals surface area (Å²) >= 11 is 0. The van der Waals surface area contributed by atoms with Crippen molar-refractivity contribution in [3.63, 3.8) is 0 Å². The van der Waals surface area contributed by atoms with Gasteiger partial charge in [0.05, 0.1) is 4.92 Å². The third-order valence-corrected chi connectivity index (χ3v) is 2.15. The maximum atomic E-state index is 10.1. The minimum atomic E-state index is -0.913. The van der Waals surface area contributed by atoms with E-state index in [4.69, 9.17) is 16.6 Å². The number of aliphatic carboxylic acids is 1. The number of rotatable bonds is 4. The van der Waals surface area contributed by atoms with Crippen molar-refractivity contribution in [3.05, 3.63) is 34.4 Å². The van der Waals surface area contributed by atoms with Crippen molar-refractivity contribution < 1.29 is 14.8 Å². The van der Waals surface area contributed by atoms with Gasteiger partial charge in [-0.05, 0) is 24.5 Å². The van der Waals surface area contributed by atoms with Gasteiger partial charge in [-0.25, -0.2) is 0 Å². The summed E-state index contributed by atoms with van der Waals surface area (Å²) < 4.78 is 0. The average Bonchev–Trinajstić information content (AvgIpc) is 2.29. The fourth-order valence-corrected chi connectivity index (χ4v) is 1.20. The Hall–Kier alpha value is -2.15. The number of hydrogen-bond acceptors (Lipinski definition) is 5. The molecule has 0 heterocycles. The van der Waals surface area contributed by atoms with Gasteiger partial charge in [-0.15, -0.1) is 0 Å². The number of carboxylic acids is 1. The summed E-state index contributed by atoms with van der Waals surface area (Å²) in [6.45, 7) is 3.89. The molecule has 0 aliphatic rings. The van der Waals surface area contributed by atoms with Crippen LogP contribution in [0.15, 0.2) is 24.3 Å². The highest BCUT2D eigenvalue weighted by Gasteiger charge is 2.11. The van der Waals surface area contributed by atoms with Crippen molar-refractivity contribution in [1.29, 1.82) is 0 Å². The van der Waals surface area contributed by atoms with Crippen LogP contribution in [0.2, 0.25) is 0 Å². The van der Waals surface area contributed by atoms with Crippen LogP contribution in [-0.2, 0) is 4.79 Å².